The number of hydrogen-bond donors (Lipinski definition) is 1. The third-order valence-corrected chi connectivity index (χ3v) is 10.3. The number of benzene rings is 1. The van der Waals surface area contributed by atoms with Crippen molar-refractivity contribution in [1.29, 1.82) is 0 Å². The minimum Gasteiger partial charge on any atom is -0.313 e. The van der Waals surface area contributed by atoms with Gasteiger partial charge in [-0.05, 0) is 42.5 Å². The van der Waals surface area contributed by atoms with E-state index in [1.165, 1.54) is 22.5 Å². The van der Waals surface area contributed by atoms with E-state index in [0.29, 0.717) is 34.4 Å². The largest absolute Gasteiger partial charge is 0.313 e. The summed E-state index contributed by atoms with van der Waals surface area (Å²) in [6.45, 7) is 4.31. The van der Waals surface area contributed by atoms with Crippen molar-refractivity contribution in [3.05, 3.63) is 53.2 Å². The number of allylic oxidation sites excluding steroid dienone is 1. The van der Waals surface area contributed by atoms with Crippen LogP contribution in [-0.2, 0) is 31.4 Å². The summed E-state index contributed by atoms with van der Waals surface area (Å²) in [5.41, 5.74) is 0.670. The lowest BCUT2D eigenvalue weighted by Gasteiger charge is -2.20. The van der Waals surface area contributed by atoms with E-state index in [9.17, 15) is 21.6 Å². The van der Waals surface area contributed by atoms with E-state index in [1.807, 2.05) is 0 Å². The molecule has 1 saturated heterocycles. The van der Waals surface area contributed by atoms with Crippen molar-refractivity contribution in [2.45, 2.75) is 34.5 Å². The fourth-order valence-corrected chi connectivity index (χ4v) is 8.06. The predicted molar refractivity (Wildman–Crippen MR) is 123 cm³/mol. The molecule has 1 aliphatic heterocycles. The molecule has 170 valence electrons. The summed E-state index contributed by atoms with van der Waals surface area (Å²) in [6.07, 6.45) is 2.58. The highest BCUT2D eigenvalue weighted by atomic mass is 32.2. The second-order valence-corrected chi connectivity index (χ2v) is 12.7. The average molecular weight is 513 g/mol. The van der Waals surface area contributed by atoms with Crippen molar-refractivity contribution < 1.29 is 21.6 Å². The van der Waals surface area contributed by atoms with Gasteiger partial charge >= 0.3 is 0 Å². The molecule has 1 amide bonds. The van der Waals surface area contributed by atoms with E-state index in [1.54, 1.807) is 28.2 Å². The second-order valence-electron chi connectivity index (χ2n) is 7.11. The molecule has 1 unspecified atom stereocenters. The van der Waals surface area contributed by atoms with E-state index >= 15 is 0 Å². The van der Waals surface area contributed by atoms with Crippen LogP contribution in [0.1, 0.15) is 12.8 Å². The number of primary sulfonamides is 1. The van der Waals surface area contributed by atoms with Crippen LogP contribution in [0.3, 0.4) is 0 Å². The standard InChI is InChI=1S/C19H20N4O5S4/c1-2-9-22-14-8-7-13(31(20,25)26)12-16(14)30-19(22)21-18(24)15-5-3-10-23(15)32(27,28)17-6-4-11-29-17/h2,4,6-8,11-12,15H,1,3,5,9-10H2,(H2,20,25,26). The summed E-state index contributed by atoms with van der Waals surface area (Å²) in [5.74, 6) is -0.557. The summed E-state index contributed by atoms with van der Waals surface area (Å²) >= 11 is 2.24. The normalized spacial score (nSPS) is 18.4. The summed E-state index contributed by atoms with van der Waals surface area (Å²) in [7, 11) is -7.66. The van der Waals surface area contributed by atoms with E-state index in [-0.39, 0.29) is 15.6 Å². The molecule has 13 heteroatoms. The van der Waals surface area contributed by atoms with Gasteiger partial charge in [-0.1, -0.05) is 23.5 Å². The van der Waals surface area contributed by atoms with Crippen LogP contribution in [0.15, 0.2) is 62.5 Å². The number of carbonyl (C=O) groups is 1. The molecule has 2 N–H and O–H groups in total. The Hall–Kier alpha value is -2.16. The maximum atomic E-state index is 13.1. The lowest BCUT2D eigenvalue weighted by Crippen LogP contribution is -2.40. The number of aromatic nitrogens is 1. The van der Waals surface area contributed by atoms with Crippen LogP contribution < -0.4 is 9.94 Å². The van der Waals surface area contributed by atoms with Gasteiger partial charge < -0.3 is 4.57 Å². The smallest absolute Gasteiger partial charge is 0.266 e. The van der Waals surface area contributed by atoms with Crippen LogP contribution in [0, 0.1) is 0 Å². The van der Waals surface area contributed by atoms with Gasteiger partial charge in [-0.3, -0.25) is 4.79 Å². The lowest BCUT2D eigenvalue weighted by molar-refractivity contribution is -0.121. The molecule has 3 aromatic rings. The Kier molecular flexibility index (Phi) is 6.22. The molecule has 1 atom stereocenters. The van der Waals surface area contributed by atoms with Gasteiger partial charge in [0.05, 0.1) is 15.1 Å². The number of fused-ring (bicyclic) bond motifs is 1. The Morgan fingerprint density at radius 3 is 2.72 bits per heavy atom. The molecule has 1 aliphatic rings. The molecular formula is C19H20N4O5S4. The van der Waals surface area contributed by atoms with Crippen LogP contribution in [-0.4, -0.2) is 44.2 Å². The Morgan fingerprint density at radius 2 is 2.06 bits per heavy atom. The Balaban J connectivity index is 1.77. The van der Waals surface area contributed by atoms with Crippen molar-refractivity contribution in [3.8, 4) is 0 Å². The first-order chi connectivity index (χ1) is 15.1. The van der Waals surface area contributed by atoms with Gasteiger partial charge in [0.2, 0.25) is 10.0 Å². The van der Waals surface area contributed by atoms with Crippen LogP contribution >= 0.6 is 22.7 Å². The maximum Gasteiger partial charge on any atom is 0.266 e. The van der Waals surface area contributed by atoms with Crippen molar-refractivity contribution in [1.82, 2.24) is 8.87 Å². The van der Waals surface area contributed by atoms with Crippen molar-refractivity contribution in [2.75, 3.05) is 6.54 Å². The zero-order valence-corrected chi connectivity index (χ0v) is 20.0. The fraction of sp³-hybridized carbons (Fsp3) is 0.263. The van der Waals surface area contributed by atoms with Gasteiger partial charge in [0, 0.05) is 13.1 Å². The summed E-state index contributed by atoms with van der Waals surface area (Å²) in [6, 6.07) is 6.71. The third kappa shape index (κ3) is 4.23. The molecule has 0 radical (unpaired) electrons. The number of hydrogen-bond acceptors (Lipinski definition) is 7. The summed E-state index contributed by atoms with van der Waals surface area (Å²) < 4.78 is 53.0. The third-order valence-electron chi connectivity index (χ3n) is 5.05. The van der Waals surface area contributed by atoms with Gasteiger partial charge in [0.1, 0.15) is 10.3 Å². The first kappa shape index (κ1) is 23.0. The molecule has 4 rings (SSSR count). The molecule has 2 aromatic heterocycles. The number of sulfonamides is 2. The quantitative estimate of drug-likeness (QED) is 0.504. The first-order valence-corrected chi connectivity index (χ1v) is 14.2. The SMILES string of the molecule is C=CCn1c(=NC(=O)C2CCCN2S(=O)(=O)c2cccs2)sc2cc(S(N)(=O)=O)ccc21. The van der Waals surface area contributed by atoms with Gasteiger partial charge in [-0.15, -0.1) is 17.9 Å². The zero-order valence-electron chi connectivity index (χ0n) is 16.7. The highest BCUT2D eigenvalue weighted by molar-refractivity contribution is 7.91. The van der Waals surface area contributed by atoms with Gasteiger partial charge in [-0.25, -0.2) is 22.0 Å². The fourth-order valence-electron chi connectivity index (χ4n) is 3.59. The summed E-state index contributed by atoms with van der Waals surface area (Å²) in [4.78, 5) is 17.6. The highest BCUT2D eigenvalue weighted by Crippen LogP contribution is 2.29. The van der Waals surface area contributed by atoms with Crippen LogP contribution in [0.25, 0.3) is 10.2 Å². The molecule has 1 aromatic carbocycles. The molecule has 1 fully saturated rings. The topological polar surface area (TPSA) is 132 Å². The summed E-state index contributed by atoms with van der Waals surface area (Å²) in [5, 5.41) is 6.90. The molecule has 0 saturated carbocycles. The minimum absolute atomic E-state index is 0.0427. The Morgan fingerprint density at radius 1 is 1.28 bits per heavy atom. The number of nitrogens with two attached hydrogens (primary N) is 1. The van der Waals surface area contributed by atoms with Crippen LogP contribution in [0.2, 0.25) is 0 Å². The zero-order chi connectivity index (χ0) is 23.1. The molecular weight excluding hydrogens is 493 g/mol. The van der Waals surface area contributed by atoms with Crippen molar-refractivity contribution in [2.24, 2.45) is 10.1 Å². The molecule has 0 bridgehead atoms. The minimum atomic E-state index is -3.88. The van der Waals surface area contributed by atoms with Crippen LogP contribution in [0.5, 0.6) is 0 Å². The number of thiophene rings is 1. The number of nitrogens with zero attached hydrogens (tertiary/aromatic N) is 3. The predicted octanol–water partition coefficient (Wildman–Crippen LogP) is 1.88. The van der Waals surface area contributed by atoms with Gasteiger partial charge in [0.15, 0.2) is 4.80 Å². The van der Waals surface area contributed by atoms with Gasteiger partial charge in [-0.2, -0.15) is 9.30 Å². The monoisotopic (exact) mass is 512 g/mol. The van der Waals surface area contributed by atoms with Gasteiger partial charge in [0.25, 0.3) is 15.9 Å². The van der Waals surface area contributed by atoms with E-state index < -0.39 is 32.0 Å². The van der Waals surface area contributed by atoms with Crippen molar-refractivity contribution >= 4 is 58.8 Å². The maximum absolute atomic E-state index is 13.1. The molecule has 0 aliphatic carbocycles. The molecule has 0 spiro atoms. The van der Waals surface area contributed by atoms with Crippen LogP contribution in [0.4, 0.5) is 0 Å². The van der Waals surface area contributed by atoms with Crippen molar-refractivity contribution in [3.63, 3.8) is 0 Å². The number of rotatable bonds is 6. The van der Waals surface area contributed by atoms with E-state index in [0.717, 1.165) is 22.7 Å². The second kappa shape index (κ2) is 8.65. The highest BCUT2D eigenvalue weighted by Gasteiger charge is 2.40. The number of thiazole rings is 1. The lowest BCUT2D eigenvalue weighted by atomic mass is 10.2. The number of carbonyl (C=O) groups excluding carboxylic acids is 1. The number of amides is 1. The van der Waals surface area contributed by atoms with E-state index in [4.69, 9.17) is 5.14 Å². The molecule has 32 heavy (non-hydrogen) atoms. The van der Waals surface area contributed by atoms with E-state index in [2.05, 4.69) is 11.6 Å². The Labute approximate surface area is 193 Å². The molecule has 3 heterocycles. The Bertz CT molecular complexity index is 1470. The average Bonchev–Trinajstić information content (AvgIpc) is 3.48. The first-order valence-electron chi connectivity index (χ1n) is 9.54. The molecule has 9 nitrogen and oxygen atoms in total.